The van der Waals surface area contributed by atoms with Gasteiger partial charge >= 0.3 is 0 Å². The standard InChI is InChI=1S/C28H36N4O3.C2H6/c1-18-13-24(33)19(2)12-21(18)10-11-30-27(35)22-7-5-6-20(14-22)15-28(3,4)32-17-25(34)23-8-9-26(29)31-16-23;1-2/h5-9,12-14,16,25,32-34H,10-11,15,17H2,1-4H3,(H2,29,31)(H,30,35);1-2H3. The van der Waals surface area contributed by atoms with Gasteiger partial charge in [-0.2, -0.15) is 0 Å². The van der Waals surface area contributed by atoms with Crippen LogP contribution in [0, 0.1) is 13.8 Å². The fraction of sp³-hybridized carbons (Fsp3) is 0.400. The highest BCUT2D eigenvalue weighted by Gasteiger charge is 2.20. The van der Waals surface area contributed by atoms with Crippen molar-refractivity contribution in [3.05, 3.63) is 88.1 Å². The zero-order chi connectivity index (χ0) is 27.6. The fourth-order valence-corrected chi connectivity index (χ4v) is 4.04. The first-order valence-electron chi connectivity index (χ1n) is 12.8. The largest absolute Gasteiger partial charge is 0.508 e. The average Bonchev–Trinajstić information content (AvgIpc) is 2.87. The predicted molar refractivity (Wildman–Crippen MR) is 151 cm³/mol. The Morgan fingerprint density at radius 3 is 2.49 bits per heavy atom. The van der Waals surface area contributed by atoms with Gasteiger partial charge in [-0.25, -0.2) is 4.98 Å². The summed E-state index contributed by atoms with van der Waals surface area (Å²) in [4.78, 5) is 16.8. The number of rotatable bonds is 10. The molecule has 1 amide bonds. The zero-order valence-corrected chi connectivity index (χ0v) is 22.9. The third kappa shape index (κ3) is 9.19. The predicted octanol–water partition coefficient (Wildman–Crippen LogP) is 4.63. The van der Waals surface area contributed by atoms with Crippen molar-refractivity contribution in [2.45, 2.75) is 66.0 Å². The number of hydrogen-bond donors (Lipinski definition) is 5. The number of aliphatic hydroxyl groups excluding tert-OH is 1. The first-order valence-corrected chi connectivity index (χ1v) is 12.8. The molecular formula is C30H42N4O3. The molecule has 1 unspecified atom stereocenters. The van der Waals surface area contributed by atoms with Gasteiger partial charge in [0, 0.05) is 36.0 Å². The Labute approximate surface area is 221 Å². The van der Waals surface area contributed by atoms with E-state index in [0.29, 0.717) is 48.6 Å². The molecule has 7 nitrogen and oxygen atoms in total. The third-order valence-electron chi connectivity index (χ3n) is 6.14. The van der Waals surface area contributed by atoms with Crippen molar-refractivity contribution in [2.75, 3.05) is 18.8 Å². The molecule has 0 saturated heterocycles. The van der Waals surface area contributed by atoms with E-state index < -0.39 is 6.10 Å². The van der Waals surface area contributed by atoms with E-state index in [-0.39, 0.29) is 11.4 Å². The summed E-state index contributed by atoms with van der Waals surface area (Å²) in [5.74, 6) is 0.599. The van der Waals surface area contributed by atoms with E-state index in [9.17, 15) is 15.0 Å². The summed E-state index contributed by atoms with van der Waals surface area (Å²) in [6.45, 7) is 12.8. The summed E-state index contributed by atoms with van der Waals surface area (Å²) in [6.07, 6.45) is 2.27. The number of pyridine rings is 1. The number of aromatic hydroxyl groups is 1. The second kappa shape index (κ2) is 13.8. The van der Waals surface area contributed by atoms with Gasteiger partial charge in [-0.15, -0.1) is 0 Å². The minimum Gasteiger partial charge on any atom is -0.508 e. The number of hydrogen-bond acceptors (Lipinski definition) is 6. The zero-order valence-electron chi connectivity index (χ0n) is 22.9. The van der Waals surface area contributed by atoms with Crippen LogP contribution in [0.3, 0.4) is 0 Å². The number of carbonyl (C=O) groups is 1. The van der Waals surface area contributed by atoms with Crippen LogP contribution in [-0.4, -0.2) is 39.7 Å². The number of aliphatic hydroxyl groups is 1. The first-order chi connectivity index (χ1) is 17.5. The molecule has 2 aromatic carbocycles. The van der Waals surface area contributed by atoms with Gasteiger partial charge in [0.25, 0.3) is 5.91 Å². The summed E-state index contributed by atoms with van der Waals surface area (Å²) in [5, 5.41) is 26.7. The number of anilines is 1. The maximum absolute atomic E-state index is 12.7. The Morgan fingerprint density at radius 2 is 1.81 bits per heavy atom. The summed E-state index contributed by atoms with van der Waals surface area (Å²) >= 11 is 0. The SMILES string of the molecule is CC.Cc1cc(CCNC(=O)c2cccc(CC(C)(C)NCC(O)c3ccc(N)nc3)c2)c(C)cc1O. The number of aromatic nitrogens is 1. The van der Waals surface area contributed by atoms with Crippen molar-refractivity contribution in [1.29, 1.82) is 0 Å². The number of amides is 1. The van der Waals surface area contributed by atoms with Crippen molar-refractivity contribution >= 4 is 11.7 Å². The highest BCUT2D eigenvalue weighted by Crippen LogP contribution is 2.21. The number of phenols is 1. The fourth-order valence-electron chi connectivity index (χ4n) is 4.04. The van der Waals surface area contributed by atoms with Gasteiger partial charge in [-0.05, 0) is 87.1 Å². The van der Waals surface area contributed by atoms with Crippen LogP contribution in [0.15, 0.2) is 54.7 Å². The van der Waals surface area contributed by atoms with Crippen LogP contribution in [0.1, 0.15) is 72.0 Å². The molecule has 3 aromatic rings. The van der Waals surface area contributed by atoms with Crippen LogP contribution >= 0.6 is 0 Å². The minimum atomic E-state index is -0.694. The Bertz CT molecular complexity index is 1160. The van der Waals surface area contributed by atoms with E-state index in [1.807, 2.05) is 58.0 Å². The lowest BCUT2D eigenvalue weighted by Gasteiger charge is -2.28. The van der Waals surface area contributed by atoms with Crippen LogP contribution in [-0.2, 0) is 12.8 Å². The Balaban J connectivity index is 0.00000235. The van der Waals surface area contributed by atoms with E-state index in [1.54, 1.807) is 24.4 Å². The molecule has 0 radical (unpaired) electrons. The molecule has 0 aliphatic carbocycles. The normalized spacial score (nSPS) is 11.9. The number of nitrogen functional groups attached to an aromatic ring is 1. The molecule has 0 spiro atoms. The molecule has 1 atom stereocenters. The molecule has 0 fully saturated rings. The minimum absolute atomic E-state index is 0.114. The second-order valence-electron chi connectivity index (χ2n) is 9.75. The highest BCUT2D eigenvalue weighted by atomic mass is 16.3. The number of nitrogens with one attached hydrogen (secondary N) is 2. The topological polar surface area (TPSA) is 120 Å². The summed E-state index contributed by atoms with van der Waals surface area (Å²) in [6, 6.07) is 14.8. The first kappa shape index (κ1) is 29.8. The Morgan fingerprint density at radius 1 is 1.08 bits per heavy atom. The van der Waals surface area contributed by atoms with Gasteiger partial charge in [-0.1, -0.05) is 38.1 Å². The quantitative estimate of drug-likeness (QED) is 0.273. The average molecular weight is 507 g/mol. The van der Waals surface area contributed by atoms with Crippen molar-refractivity contribution in [3.8, 4) is 5.75 Å². The van der Waals surface area contributed by atoms with Gasteiger partial charge in [0.15, 0.2) is 0 Å². The van der Waals surface area contributed by atoms with Crippen LogP contribution in [0.25, 0.3) is 0 Å². The van der Waals surface area contributed by atoms with Gasteiger partial charge in [0.1, 0.15) is 11.6 Å². The number of nitrogens with two attached hydrogens (primary N) is 1. The van der Waals surface area contributed by atoms with E-state index in [2.05, 4.69) is 29.5 Å². The summed E-state index contributed by atoms with van der Waals surface area (Å²) in [7, 11) is 0. The van der Waals surface area contributed by atoms with E-state index in [0.717, 1.165) is 22.3 Å². The van der Waals surface area contributed by atoms with Gasteiger partial charge in [-0.3, -0.25) is 4.79 Å². The third-order valence-corrected chi connectivity index (χ3v) is 6.14. The second-order valence-corrected chi connectivity index (χ2v) is 9.75. The summed E-state index contributed by atoms with van der Waals surface area (Å²) < 4.78 is 0. The van der Waals surface area contributed by atoms with Crippen molar-refractivity contribution < 1.29 is 15.0 Å². The molecule has 1 aromatic heterocycles. The number of phenolic OH excluding ortho intramolecular Hbond substituents is 1. The van der Waals surface area contributed by atoms with Gasteiger partial charge < -0.3 is 26.6 Å². The molecule has 3 rings (SSSR count). The van der Waals surface area contributed by atoms with Crippen molar-refractivity contribution in [2.24, 2.45) is 0 Å². The van der Waals surface area contributed by atoms with Crippen molar-refractivity contribution in [3.63, 3.8) is 0 Å². The van der Waals surface area contributed by atoms with Gasteiger partial charge in [0.05, 0.1) is 6.10 Å². The summed E-state index contributed by atoms with van der Waals surface area (Å²) in [5.41, 5.74) is 10.6. The molecule has 0 bridgehead atoms. The van der Waals surface area contributed by atoms with Gasteiger partial charge in [0.2, 0.25) is 0 Å². The molecule has 37 heavy (non-hydrogen) atoms. The smallest absolute Gasteiger partial charge is 0.251 e. The van der Waals surface area contributed by atoms with Crippen LogP contribution < -0.4 is 16.4 Å². The maximum Gasteiger partial charge on any atom is 0.251 e. The molecule has 200 valence electrons. The molecule has 0 aliphatic heterocycles. The number of carbonyl (C=O) groups excluding carboxylic acids is 1. The molecule has 1 heterocycles. The number of benzene rings is 2. The Hall–Kier alpha value is -3.42. The lowest BCUT2D eigenvalue weighted by Crippen LogP contribution is -2.43. The molecule has 0 aliphatic rings. The number of nitrogens with zero attached hydrogens (tertiary/aromatic N) is 1. The van der Waals surface area contributed by atoms with Crippen LogP contribution in [0.5, 0.6) is 5.75 Å². The van der Waals surface area contributed by atoms with E-state index >= 15 is 0 Å². The maximum atomic E-state index is 12.7. The Kier molecular flexibility index (Phi) is 11.1. The molecule has 6 N–H and O–H groups in total. The molecule has 7 heteroatoms. The van der Waals surface area contributed by atoms with E-state index in [4.69, 9.17) is 5.73 Å². The lowest BCUT2D eigenvalue weighted by molar-refractivity contribution is 0.0954. The van der Waals surface area contributed by atoms with Crippen molar-refractivity contribution in [1.82, 2.24) is 15.6 Å². The number of aryl methyl sites for hydroxylation is 2. The molecule has 0 saturated carbocycles. The van der Waals surface area contributed by atoms with Crippen LogP contribution in [0.4, 0.5) is 5.82 Å². The number of β-amino-alcohol motifs (C(OH)–C–C–N with tert-alkyl or cyclic N) is 1. The monoisotopic (exact) mass is 506 g/mol. The lowest BCUT2D eigenvalue weighted by atomic mass is 9.93. The van der Waals surface area contributed by atoms with Crippen LogP contribution in [0.2, 0.25) is 0 Å². The van der Waals surface area contributed by atoms with E-state index in [1.165, 1.54) is 0 Å². The molecular weight excluding hydrogens is 464 g/mol. The highest BCUT2D eigenvalue weighted by molar-refractivity contribution is 5.94.